The molecule has 0 aliphatic carbocycles. The molecule has 2 aliphatic rings. The standard InChI is InChI=1S/C14H20N2O/c1-5-15-6-2-12(1)9-13-10-14(17-11-13)3-7-16-8-4-14/h1-2,5-6,13,16H,3-4,7-11H2/t13-/m0/s1. The molecular formula is C14H20N2O. The monoisotopic (exact) mass is 232 g/mol. The van der Waals surface area contributed by atoms with Crippen LogP contribution < -0.4 is 5.32 Å². The van der Waals surface area contributed by atoms with Crippen LogP contribution in [-0.4, -0.2) is 30.3 Å². The molecule has 0 radical (unpaired) electrons. The van der Waals surface area contributed by atoms with Crippen LogP contribution in [0.3, 0.4) is 0 Å². The van der Waals surface area contributed by atoms with E-state index >= 15 is 0 Å². The number of ether oxygens (including phenoxy) is 1. The average molecular weight is 232 g/mol. The molecule has 0 saturated carbocycles. The fourth-order valence-electron chi connectivity index (χ4n) is 3.15. The number of piperidine rings is 1. The first-order valence-corrected chi connectivity index (χ1v) is 6.60. The molecule has 1 aromatic rings. The van der Waals surface area contributed by atoms with Crippen molar-refractivity contribution >= 4 is 0 Å². The van der Waals surface area contributed by atoms with Gasteiger partial charge in [0.1, 0.15) is 0 Å². The molecule has 3 heteroatoms. The highest BCUT2D eigenvalue weighted by Gasteiger charge is 2.40. The van der Waals surface area contributed by atoms with E-state index in [2.05, 4.69) is 22.4 Å². The summed E-state index contributed by atoms with van der Waals surface area (Å²) < 4.78 is 6.11. The van der Waals surface area contributed by atoms with Crippen LogP contribution >= 0.6 is 0 Å². The van der Waals surface area contributed by atoms with Gasteiger partial charge >= 0.3 is 0 Å². The summed E-state index contributed by atoms with van der Waals surface area (Å²) in [6.45, 7) is 3.16. The average Bonchev–Trinajstić information content (AvgIpc) is 2.74. The van der Waals surface area contributed by atoms with Crippen LogP contribution in [-0.2, 0) is 11.2 Å². The second-order valence-corrected chi connectivity index (χ2v) is 5.37. The SMILES string of the molecule is c1cc(C[C@@H]2COC3(CCNCC3)C2)ccn1. The van der Waals surface area contributed by atoms with Crippen LogP contribution in [0.1, 0.15) is 24.8 Å². The summed E-state index contributed by atoms with van der Waals surface area (Å²) in [7, 11) is 0. The maximum absolute atomic E-state index is 6.11. The summed E-state index contributed by atoms with van der Waals surface area (Å²) in [5, 5.41) is 3.41. The molecule has 1 aromatic heterocycles. The first-order chi connectivity index (χ1) is 8.36. The number of hydrogen-bond donors (Lipinski definition) is 1. The van der Waals surface area contributed by atoms with Gasteiger partial charge in [0.15, 0.2) is 0 Å². The molecule has 0 unspecified atom stereocenters. The first-order valence-electron chi connectivity index (χ1n) is 6.60. The van der Waals surface area contributed by atoms with Gasteiger partial charge < -0.3 is 10.1 Å². The lowest BCUT2D eigenvalue weighted by molar-refractivity contribution is -0.0196. The number of nitrogens with zero attached hydrogens (tertiary/aromatic N) is 1. The van der Waals surface area contributed by atoms with Gasteiger partial charge in [-0.25, -0.2) is 0 Å². The molecule has 3 heterocycles. The van der Waals surface area contributed by atoms with E-state index in [1.807, 2.05) is 12.4 Å². The molecule has 17 heavy (non-hydrogen) atoms. The fraction of sp³-hybridized carbons (Fsp3) is 0.643. The highest BCUT2D eigenvalue weighted by molar-refractivity contribution is 5.11. The molecule has 1 spiro atoms. The highest BCUT2D eigenvalue weighted by atomic mass is 16.5. The quantitative estimate of drug-likeness (QED) is 0.844. The van der Waals surface area contributed by atoms with Crippen LogP contribution in [0.15, 0.2) is 24.5 Å². The van der Waals surface area contributed by atoms with Crippen molar-refractivity contribution in [3.63, 3.8) is 0 Å². The minimum Gasteiger partial charge on any atom is -0.375 e. The number of aromatic nitrogens is 1. The Morgan fingerprint density at radius 1 is 1.29 bits per heavy atom. The minimum absolute atomic E-state index is 0.197. The molecule has 0 aromatic carbocycles. The van der Waals surface area contributed by atoms with E-state index in [9.17, 15) is 0 Å². The van der Waals surface area contributed by atoms with E-state index in [4.69, 9.17) is 4.74 Å². The van der Waals surface area contributed by atoms with E-state index in [1.165, 1.54) is 24.8 Å². The van der Waals surface area contributed by atoms with Crippen molar-refractivity contribution in [1.82, 2.24) is 10.3 Å². The Hall–Kier alpha value is -0.930. The van der Waals surface area contributed by atoms with E-state index in [0.29, 0.717) is 5.92 Å². The van der Waals surface area contributed by atoms with Gasteiger partial charge in [-0.2, -0.15) is 0 Å². The third-order valence-corrected chi connectivity index (χ3v) is 4.07. The summed E-state index contributed by atoms with van der Waals surface area (Å²) in [5.74, 6) is 0.690. The largest absolute Gasteiger partial charge is 0.375 e. The molecule has 3 rings (SSSR count). The summed E-state index contributed by atoms with van der Waals surface area (Å²) in [6, 6.07) is 4.24. The van der Waals surface area contributed by atoms with Crippen molar-refractivity contribution in [1.29, 1.82) is 0 Å². The topological polar surface area (TPSA) is 34.1 Å². The van der Waals surface area contributed by atoms with E-state index < -0.39 is 0 Å². The Kier molecular flexibility index (Phi) is 3.12. The molecule has 2 fully saturated rings. The fourth-order valence-corrected chi connectivity index (χ4v) is 3.15. The second-order valence-electron chi connectivity index (χ2n) is 5.37. The van der Waals surface area contributed by atoms with E-state index in [1.54, 1.807) is 0 Å². The van der Waals surface area contributed by atoms with Gasteiger partial charge in [-0.05, 0) is 62.4 Å². The van der Waals surface area contributed by atoms with Crippen molar-refractivity contribution in [3.8, 4) is 0 Å². The van der Waals surface area contributed by atoms with Crippen LogP contribution in [0.5, 0.6) is 0 Å². The van der Waals surface area contributed by atoms with Gasteiger partial charge in [0, 0.05) is 12.4 Å². The van der Waals surface area contributed by atoms with Gasteiger partial charge in [-0.15, -0.1) is 0 Å². The molecular weight excluding hydrogens is 212 g/mol. The third-order valence-electron chi connectivity index (χ3n) is 4.07. The number of pyridine rings is 1. The van der Waals surface area contributed by atoms with Crippen LogP contribution in [0.25, 0.3) is 0 Å². The van der Waals surface area contributed by atoms with Crippen LogP contribution in [0, 0.1) is 5.92 Å². The Morgan fingerprint density at radius 3 is 2.82 bits per heavy atom. The van der Waals surface area contributed by atoms with Crippen LogP contribution in [0.4, 0.5) is 0 Å². The smallest absolute Gasteiger partial charge is 0.0710 e. The zero-order valence-electron chi connectivity index (χ0n) is 10.2. The molecule has 1 N–H and O–H groups in total. The van der Waals surface area contributed by atoms with Crippen molar-refractivity contribution in [2.24, 2.45) is 5.92 Å². The van der Waals surface area contributed by atoms with Crippen molar-refractivity contribution in [3.05, 3.63) is 30.1 Å². The van der Waals surface area contributed by atoms with Crippen molar-refractivity contribution in [2.75, 3.05) is 19.7 Å². The van der Waals surface area contributed by atoms with Gasteiger partial charge in [0.25, 0.3) is 0 Å². The van der Waals surface area contributed by atoms with Gasteiger partial charge in [0.05, 0.1) is 12.2 Å². The van der Waals surface area contributed by atoms with Gasteiger partial charge in [-0.1, -0.05) is 0 Å². The normalized spacial score (nSPS) is 27.4. The van der Waals surface area contributed by atoms with Gasteiger partial charge in [0.2, 0.25) is 0 Å². The van der Waals surface area contributed by atoms with Crippen molar-refractivity contribution < 1.29 is 4.74 Å². The number of rotatable bonds is 2. The lowest BCUT2D eigenvalue weighted by Crippen LogP contribution is -2.41. The molecule has 2 saturated heterocycles. The molecule has 2 aliphatic heterocycles. The summed E-state index contributed by atoms with van der Waals surface area (Å²) in [5.41, 5.74) is 1.59. The lowest BCUT2D eigenvalue weighted by Gasteiger charge is -2.33. The van der Waals surface area contributed by atoms with E-state index in [-0.39, 0.29) is 5.60 Å². The number of hydrogen-bond acceptors (Lipinski definition) is 3. The van der Waals surface area contributed by atoms with Crippen LogP contribution in [0.2, 0.25) is 0 Å². The zero-order valence-corrected chi connectivity index (χ0v) is 10.2. The molecule has 3 nitrogen and oxygen atoms in total. The minimum atomic E-state index is 0.197. The maximum atomic E-state index is 6.11. The first kappa shape index (κ1) is 11.2. The maximum Gasteiger partial charge on any atom is 0.0710 e. The summed E-state index contributed by atoms with van der Waals surface area (Å²) in [6.07, 6.45) is 8.49. The zero-order chi connectivity index (χ0) is 11.6. The lowest BCUT2D eigenvalue weighted by atomic mass is 9.84. The van der Waals surface area contributed by atoms with E-state index in [0.717, 1.165) is 26.1 Å². The Labute approximate surface area is 103 Å². The molecule has 92 valence electrons. The molecule has 0 amide bonds. The molecule has 1 atom stereocenters. The van der Waals surface area contributed by atoms with Gasteiger partial charge in [-0.3, -0.25) is 4.98 Å². The Balaban J connectivity index is 1.60. The molecule has 0 bridgehead atoms. The third kappa shape index (κ3) is 2.50. The second kappa shape index (κ2) is 4.75. The Bertz CT molecular complexity index is 360. The predicted molar refractivity (Wildman–Crippen MR) is 66.8 cm³/mol. The predicted octanol–water partition coefficient (Wildman–Crippen LogP) is 1.78. The summed E-state index contributed by atoms with van der Waals surface area (Å²) >= 11 is 0. The Morgan fingerprint density at radius 2 is 2.06 bits per heavy atom. The number of nitrogens with one attached hydrogen (secondary N) is 1. The van der Waals surface area contributed by atoms with Crippen molar-refractivity contribution in [2.45, 2.75) is 31.3 Å². The summed E-state index contributed by atoms with van der Waals surface area (Å²) in [4.78, 5) is 4.06. The highest BCUT2D eigenvalue weighted by Crippen LogP contribution is 2.38.